The summed E-state index contributed by atoms with van der Waals surface area (Å²) in [5, 5.41) is 0. The summed E-state index contributed by atoms with van der Waals surface area (Å²) in [7, 11) is -3.76. The maximum atomic E-state index is 12.0. The smallest absolute Gasteiger partial charge is 0.244 e. The van der Waals surface area contributed by atoms with Crippen LogP contribution >= 0.6 is 15.9 Å². The van der Waals surface area contributed by atoms with Gasteiger partial charge in [0.1, 0.15) is 4.90 Å². The number of nitrogens with one attached hydrogen (secondary N) is 2. The normalized spacial score (nSPS) is 11.3. The molecule has 0 saturated carbocycles. The molecule has 0 radical (unpaired) electrons. The monoisotopic (exact) mass is 351 g/mol. The third kappa shape index (κ3) is 4.74. The molecule has 0 fully saturated rings. The highest BCUT2D eigenvalue weighted by atomic mass is 79.9. The Labute approximate surface area is 119 Å². The first-order valence-electron chi connectivity index (χ1n) is 5.27. The summed E-state index contributed by atoms with van der Waals surface area (Å²) < 4.78 is 26.9. The summed E-state index contributed by atoms with van der Waals surface area (Å²) in [6, 6.07) is 1.37. The molecule has 1 aromatic rings. The summed E-state index contributed by atoms with van der Waals surface area (Å²) in [5.41, 5.74) is 7.17. The van der Waals surface area contributed by atoms with Gasteiger partial charge in [0.15, 0.2) is 5.82 Å². The zero-order valence-electron chi connectivity index (χ0n) is 9.89. The topological polar surface area (TPSA) is 140 Å². The summed E-state index contributed by atoms with van der Waals surface area (Å²) in [6.07, 6.45) is 1.85. The van der Waals surface area contributed by atoms with E-state index in [9.17, 15) is 13.2 Å². The van der Waals surface area contributed by atoms with Crippen molar-refractivity contribution < 1.29 is 13.2 Å². The van der Waals surface area contributed by atoms with Crippen molar-refractivity contribution in [2.24, 2.45) is 11.6 Å². The molecule has 0 saturated heterocycles. The number of carbonyl (C=O) groups excluding carboxylic acids is 1. The van der Waals surface area contributed by atoms with Crippen molar-refractivity contribution in [2.75, 3.05) is 12.0 Å². The Morgan fingerprint density at radius 1 is 1.47 bits per heavy atom. The first-order chi connectivity index (χ1) is 8.86. The molecule has 8 nitrogen and oxygen atoms in total. The zero-order chi connectivity index (χ0) is 14.5. The van der Waals surface area contributed by atoms with Gasteiger partial charge in [-0.15, -0.1) is 0 Å². The van der Waals surface area contributed by atoms with E-state index in [0.29, 0.717) is 10.9 Å². The van der Waals surface area contributed by atoms with E-state index in [2.05, 4.69) is 31.1 Å². The number of hydrogen-bond acceptors (Lipinski definition) is 6. The summed E-state index contributed by atoms with van der Waals surface area (Å²) in [4.78, 5) is 14.3. The molecule has 6 N–H and O–H groups in total. The van der Waals surface area contributed by atoms with E-state index in [-0.39, 0.29) is 23.7 Å². The molecule has 0 bridgehead atoms. The molecule has 0 aliphatic rings. The van der Waals surface area contributed by atoms with Gasteiger partial charge in [-0.1, -0.05) is 0 Å². The lowest BCUT2D eigenvalue weighted by molar-refractivity contribution is -0.118. The summed E-state index contributed by atoms with van der Waals surface area (Å²) >= 11 is 3.13. The van der Waals surface area contributed by atoms with E-state index < -0.39 is 15.9 Å². The van der Waals surface area contributed by atoms with Crippen LogP contribution in [0.1, 0.15) is 12.8 Å². The third-order valence-electron chi connectivity index (χ3n) is 2.14. The van der Waals surface area contributed by atoms with Crippen molar-refractivity contribution in [3.63, 3.8) is 0 Å². The number of rotatable bonds is 7. The average Bonchev–Trinajstić information content (AvgIpc) is 2.34. The lowest BCUT2D eigenvalue weighted by Crippen LogP contribution is -2.27. The van der Waals surface area contributed by atoms with Crippen LogP contribution in [0.3, 0.4) is 0 Å². The Bertz CT molecular complexity index is 563. The van der Waals surface area contributed by atoms with Crippen molar-refractivity contribution in [2.45, 2.75) is 17.7 Å². The number of primary amides is 1. The summed E-state index contributed by atoms with van der Waals surface area (Å²) in [6.45, 7) is 0.0990. The second-order valence-corrected chi connectivity index (χ2v) is 6.26. The number of anilines is 1. The van der Waals surface area contributed by atoms with E-state index in [4.69, 9.17) is 11.6 Å². The van der Waals surface area contributed by atoms with Crippen LogP contribution in [0.2, 0.25) is 0 Å². The van der Waals surface area contributed by atoms with Gasteiger partial charge in [0.05, 0.1) is 0 Å². The molecular formula is C9H14BrN5O3S. The molecule has 1 heterocycles. The first-order valence-corrected chi connectivity index (χ1v) is 7.54. The van der Waals surface area contributed by atoms with Crippen LogP contribution in [0.5, 0.6) is 0 Å². The van der Waals surface area contributed by atoms with E-state index in [1.807, 2.05) is 0 Å². The van der Waals surface area contributed by atoms with Crippen LogP contribution in [-0.4, -0.2) is 25.9 Å². The van der Waals surface area contributed by atoms with Gasteiger partial charge in [0, 0.05) is 23.6 Å². The Balaban J connectivity index is 2.82. The summed E-state index contributed by atoms with van der Waals surface area (Å²) in [5.74, 6) is 4.76. The number of aromatic nitrogens is 1. The fourth-order valence-electron chi connectivity index (χ4n) is 1.28. The number of carbonyl (C=O) groups is 1. The van der Waals surface area contributed by atoms with E-state index in [0.717, 1.165) is 0 Å². The third-order valence-corrected chi connectivity index (χ3v) is 4.05. The maximum absolute atomic E-state index is 12.0. The Kier molecular flexibility index (Phi) is 5.66. The number of nitrogens with zero attached hydrogens (tertiary/aromatic N) is 1. The minimum Gasteiger partial charge on any atom is -0.370 e. The minimum absolute atomic E-state index is 0.0330. The number of halogens is 1. The van der Waals surface area contributed by atoms with Gasteiger partial charge >= 0.3 is 0 Å². The number of hydrazine groups is 1. The second-order valence-electron chi connectivity index (χ2n) is 3.61. The van der Waals surface area contributed by atoms with E-state index in [1.165, 1.54) is 12.3 Å². The highest BCUT2D eigenvalue weighted by molar-refractivity contribution is 9.10. The van der Waals surface area contributed by atoms with Crippen LogP contribution < -0.4 is 21.7 Å². The van der Waals surface area contributed by atoms with E-state index >= 15 is 0 Å². The second kappa shape index (κ2) is 6.80. The molecule has 0 atom stereocenters. The van der Waals surface area contributed by atoms with Crippen molar-refractivity contribution in [1.82, 2.24) is 9.71 Å². The molecule has 0 unspecified atom stereocenters. The number of pyridine rings is 1. The molecule has 106 valence electrons. The quantitative estimate of drug-likeness (QED) is 0.301. The predicted octanol–water partition coefficient (Wildman–Crippen LogP) is -0.327. The zero-order valence-corrected chi connectivity index (χ0v) is 12.3. The number of nitrogens with two attached hydrogens (primary N) is 2. The van der Waals surface area contributed by atoms with Crippen molar-refractivity contribution >= 4 is 37.7 Å². The highest BCUT2D eigenvalue weighted by Gasteiger charge is 2.19. The van der Waals surface area contributed by atoms with Crippen LogP contribution in [-0.2, 0) is 14.8 Å². The highest BCUT2D eigenvalue weighted by Crippen LogP contribution is 2.21. The van der Waals surface area contributed by atoms with Crippen molar-refractivity contribution in [3.8, 4) is 0 Å². The predicted molar refractivity (Wildman–Crippen MR) is 73.4 cm³/mol. The Morgan fingerprint density at radius 3 is 2.74 bits per heavy atom. The largest absolute Gasteiger partial charge is 0.370 e. The van der Waals surface area contributed by atoms with Crippen molar-refractivity contribution in [3.05, 3.63) is 16.7 Å². The van der Waals surface area contributed by atoms with Crippen LogP contribution in [0.4, 0.5) is 5.82 Å². The molecule has 0 aliphatic heterocycles. The van der Waals surface area contributed by atoms with Gasteiger partial charge in [0.25, 0.3) is 0 Å². The van der Waals surface area contributed by atoms with Gasteiger partial charge < -0.3 is 11.2 Å². The SMILES string of the molecule is NNc1ncc(Br)cc1S(=O)(=O)NCCCC(N)=O. The van der Waals surface area contributed by atoms with E-state index in [1.54, 1.807) is 0 Å². The Morgan fingerprint density at radius 2 is 2.16 bits per heavy atom. The molecule has 1 aromatic heterocycles. The molecule has 19 heavy (non-hydrogen) atoms. The first kappa shape index (κ1) is 15.8. The number of hydrogen-bond donors (Lipinski definition) is 4. The fraction of sp³-hybridized carbons (Fsp3) is 0.333. The number of amides is 1. The molecule has 0 aromatic carbocycles. The van der Waals surface area contributed by atoms with Gasteiger partial charge in [-0.2, -0.15) is 0 Å². The minimum atomic E-state index is -3.76. The standard InChI is InChI=1S/C9H14BrN5O3S/c10-6-4-7(9(15-12)13-5-6)19(17,18)14-3-1-2-8(11)16/h4-5,14H,1-3,12H2,(H2,11,16)(H,13,15). The molecule has 0 spiro atoms. The molecule has 10 heteroatoms. The van der Waals surface area contributed by atoms with Crippen LogP contribution in [0, 0.1) is 0 Å². The number of nitrogen functional groups attached to an aromatic ring is 1. The maximum Gasteiger partial charge on any atom is 0.244 e. The van der Waals surface area contributed by atoms with Gasteiger partial charge in [-0.05, 0) is 28.4 Å². The van der Waals surface area contributed by atoms with Gasteiger partial charge in [-0.3, -0.25) is 4.79 Å². The molecule has 1 rings (SSSR count). The molecule has 1 amide bonds. The van der Waals surface area contributed by atoms with Crippen molar-refractivity contribution in [1.29, 1.82) is 0 Å². The van der Waals surface area contributed by atoms with Crippen LogP contribution in [0.15, 0.2) is 21.6 Å². The van der Waals surface area contributed by atoms with Gasteiger partial charge in [0.2, 0.25) is 15.9 Å². The molecular weight excluding hydrogens is 338 g/mol. The Hall–Kier alpha value is -1.23. The average molecular weight is 352 g/mol. The van der Waals surface area contributed by atoms with Gasteiger partial charge in [-0.25, -0.2) is 24.0 Å². The fourth-order valence-corrected chi connectivity index (χ4v) is 2.98. The molecule has 0 aliphatic carbocycles. The number of sulfonamides is 1. The lowest BCUT2D eigenvalue weighted by atomic mass is 10.3. The lowest BCUT2D eigenvalue weighted by Gasteiger charge is -2.10. The van der Waals surface area contributed by atoms with Crippen LogP contribution in [0.25, 0.3) is 0 Å².